The van der Waals surface area contributed by atoms with E-state index in [0.29, 0.717) is 5.69 Å². The second kappa shape index (κ2) is 8.39. The lowest BCUT2D eigenvalue weighted by Crippen LogP contribution is -2.32. The zero-order valence-corrected chi connectivity index (χ0v) is 18.3. The molecule has 4 aromatic rings. The summed E-state index contributed by atoms with van der Waals surface area (Å²) in [5.74, 6) is -1.04. The minimum Gasteiger partial charge on any atom is -0.477 e. The van der Waals surface area contributed by atoms with Gasteiger partial charge in [0.05, 0.1) is 21.6 Å². The van der Waals surface area contributed by atoms with E-state index in [-0.39, 0.29) is 5.69 Å². The number of hydrogen-bond donors (Lipinski definition) is 2. The molecule has 0 saturated heterocycles. The van der Waals surface area contributed by atoms with E-state index in [2.05, 4.69) is 33.3 Å². The van der Waals surface area contributed by atoms with Crippen molar-refractivity contribution in [3.63, 3.8) is 0 Å². The van der Waals surface area contributed by atoms with Gasteiger partial charge in [0.25, 0.3) is 0 Å². The Morgan fingerprint density at radius 1 is 1.16 bits per heavy atom. The number of hydrogen-bond acceptors (Lipinski definition) is 7. The fourth-order valence-electron chi connectivity index (χ4n) is 3.89. The summed E-state index contributed by atoms with van der Waals surface area (Å²) in [5, 5.41) is 14.8. The molecule has 2 N–H and O–H groups in total. The fraction of sp³-hybridized carbons (Fsp3) is 0.167. The summed E-state index contributed by atoms with van der Waals surface area (Å²) in [5.41, 5.74) is 8.69. The zero-order chi connectivity index (χ0) is 22.1. The highest BCUT2D eigenvalue weighted by atomic mass is 32.1. The smallest absolute Gasteiger partial charge is 0.354 e. The standard InChI is InChI=1S/C24H21N5O2S/c1-2-29-13-12-18(27-28-24-26-19-6-3-4-9-22(19)32-24)16-14-15(10-11-21(16)29)17-7-5-8-20(25-17)23(30)31/h3-11,14H,2,12-13H2,1H3,(H,26,28)(H,30,31)/b27-18-. The molecule has 0 atom stereocenters. The molecule has 8 heteroatoms. The predicted molar refractivity (Wildman–Crippen MR) is 129 cm³/mol. The number of carboxylic acids is 1. The summed E-state index contributed by atoms with van der Waals surface area (Å²) in [7, 11) is 0. The van der Waals surface area contributed by atoms with Crippen molar-refractivity contribution >= 4 is 44.1 Å². The molecule has 1 aliphatic heterocycles. The minimum atomic E-state index is -1.04. The van der Waals surface area contributed by atoms with Crippen molar-refractivity contribution in [3.05, 3.63) is 71.9 Å². The van der Waals surface area contributed by atoms with Crippen LogP contribution >= 0.6 is 11.3 Å². The molecule has 0 radical (unpaired) electrons. The molecule has 0 saturated carbocycles. The molecule has 0 fully saturated rings. The van der Waals surface area contributed by atoms with E-state index >= 15 is 0 Å². The fourth-order valence-corrected chi connectivity index (χ4v) is 4.70. The van der Waals surface area contributed by atoms with Gasteiger partial charge in [-0.3, -0.25) is 5.43 Å². The Labute approximate surface area is 189 Å². The van der Waals surface area contributed by atoms with Crippen molar-refractivity contribution in [2.45, 2.75) is 13.3 Å². The maximum Gasteiger partial charge on any atom is 0.354 e. The van der Waals surface area contributed by atoms with Gasteiger partial charge in [-0.2, -0.15) is 5.10 Å². The van der Waals surface area contributed by atoms with Crippen molar-refractivity contribution in [1.82, 2.24) is 9.97 Å². The maximum absolute atomic E-state index is 11.3. The molecule has 2 aromatic carbocycles. The van der Waals surface area contributed by atoms with Gasteiger partial charge >= 0.3 is 5.97 Å². The van der Waals surface area contributed by atoms with Crippen LogP contribution in [0.5, 0.6) is 0 Å². The number of anilines is 2. The van der Waals surface area contributed by atoms with Crippen LogP contribution < -0.4 is 10.3 Å². The molecule has 0 spiro atoms. The summed E-state index contributed by atoms with van der Waals surface area (Å²) in [6.45, 7) is 3.92. The third-order valence-corrected chi connectivity index (χ3v) is 6.43. The monoisotopic (exact) mass is 443 g/mol. The Kier molecular flexibility index (Phi) is 5.28. The number of rotatable bonds is 5. The van der Waals surface area contributed by atoms with E-state index in [1.54, 1.807) is 17.4 Å². The number of nitrogens with zero attached hydrogens (tertiary/aromatic N) is 4. The third kappa shape index (κ3) is 3.80. The summed E-state index contributed by atoms with van der Waals surface area (Å²) < 4.78 is 1.11. The first-order chi connectivity index (χ1) is 15.6. The molecule has 3 heterocycles. The van der Waals surface area contributed by atoms with E-state index in [1.165, 1.54) is 6.07 Å². The second-order valence-electron chi connectivity index (χ2n) is 7.43. The number of benzene rings is 2. The van der Waals surface area contributed by atoms with Gasteiger partial charge in [-0.05, 0) is 43.3 Å². The molecule has 0 unspecified atom stereocenters. The highest BCUT2D eigenvalue weighted by Gasteiger charge is 2.22. The Hall–Kier alpha value is -3.78. The number of carboxylic acid groups (broad SMARTS) is 1. The Bertz CT molecular complexity index is 1310. The highest BCUT2D eigenvalue weighted by Crippen LogP contribution is 2.32. The molecular formula is C24H21N5O2S. The molecule has 32 heavy (non-hydrogen) atoms. The summed E-state index contributed by atoms with van der Waals surface area (Å²) in [6.07, 6.45) is 0.796. The third-order valence-electron chi connectivity index (χ3n) is 5.49. The first-order valence-corrected chi connectivity index (χ1v) is 11.2. The van der Waals surface area contributed by atoms with Crippen LogP contribution in [0.4, 0.5) is 10.8 Å². The van der Waals surface area contributed by atoms with E-state index in [4.69, 9.17) is 5.10 Å². The van der Waals surface area contributed by atoms with Crippen LogP contribution in [0.25, 0.3) is 21.5 Å². The summed E-state index contributed by atoms with van der Waals surface area (Å²) in [4.78, 5) is 22.5. The number of hydrazone groups is 1. The number of fused-ring (bicyclic) bond motifs is 2. The highest BCUT2D eigenvalue weighted by molar-refractivity contribution is 7.22. The van der Waals surface area contributed by atoms with Gasteiger partial charge in [-0.1, -0.05) is 35.6 Å². The first kappa shape index (κ1) is 20.1. The van der Waals surface area contributed by atoms with Gasteiger partial charge in [0, 0.05) is 36.3 Å². The van der Waals surface area contributed by atoms with Crippen molar-refractivity contribution < 1.29 is 9.90 Å². The Morgan fingerprint density at radius 3 is 2.84 bits per heavy atom. The maximum atomic E-state index is 11.3. The Morgan fingerprint density at radius 2 is 2.03 bits per heavy atom. The number of aromatic carboxylic acids is 1. The average Bonchev–Trinajstić information content (AvgIpc) is 3.25. The van der Waals surface area contributed by atoms with E-state index in [9.17, 15) is 9.90 Å². The summed E-state index contributed by atoms with van der Waals surface area (Å²) in [6, 6.07) is 19.1. The lowest BCUT2D eigenvalue weighted by Gasteiger charge is -2.31. The average molecular weight is 444 g/mol. The van der Waals surface area contributed by atoms with Gasteiger partial charge in [0.2, 0.25) is 5.13 Å². The largest absolute Gasteiger partial charge is 0.477 e. The van der Waals surface area contributed by atoms with Crippen molar-refractivity contribution in [3.8, 4) is 11.3 Å². The van der Waals surface area contributed by atoms with Crippen LogP contribution in [0.1, 0.15) is 29.4 Å². The second-order valence-corrected chi connectivity index (χ2v) is 8.46. The number of nitrogens with one attached hydrogen (secondary N) is 1. The van der Waals surface area contributed by atoms with Crippen LogP contribution in [0.15, 0.2) is 65.8 Å². The van der Waals surface area contributed by atoms with E-state index in [1.807, 2.05) is 42.5 Å². The number of para-hydroxylation sites is 1. The van der Waals surface area contributed by atoms with Crippen molar-refractivity contribution in [1.29, 1.82) is 0 Å². The number of aromatic nitrogens is 2. The van der Waals surface area contributed by atoms with E-state index < -0.39 is 5.97 Å². The molecule has 0 amide bonds. The number of carbonyl (C=O) groups is 1. The predicted octanol–water partition coefficient (Wildman–Crippen LogP) is 5.10. The number of thiazole rings is 1. The molecule has 160 valence electrons. The number of pyridine rings is 1. The molecule has 0 aliphatic carbocycles. The van der Waals surface area contributed by atoms with Gasteiger partial charge in [-0.25, -0.2) is 14.8 Å². The van der Waals surface area contributed by atoms with E-state index in [0.717, 1.165) is 57.4 Å². The van der Waals surface area contributed by atoms with Crippen molar-refractivity contribution in [2.75, 3.05) is 23.4 Å². The molecule has 7 nitrogen and oxygen atoms in total. The quantitative estimate of drug-likeness (QED) is 0.417. The Balaban J connectivity index is 1.52. The van der Waals surface area contributed by atoms with Crippen LogP contribution in [0.3, 0.4) is 0 Å². The van der Waals surface area contributed by atoms with Gasteiger partial charge in [-0.15, -0.1) is 0 Å². The zero-order valence-electron chi connectivity index (χ0n) is 17.4. The van der Waals surface area contributed by atoms with Crippen LogP contribution in [-0.2, 0) is 0 Å². The summed E-state index contributed by atoms with van der Waals surface area (Å²) >= 11 is 1.57. The molecule has 1 aliphatic rings. The van der Waals surface area contributed by atoms with Gasteiger partial charge in [0.15, 0.2) is 0 Å². The SMILES string of the molecule is CCN1CC/C(=N/Nc2nc3ccccc3s2)c2cc(-c3cccc(C(=O)O)n3)ccc21. The molecule has 0 bridgehead atoms. The van der Waals surface area contributed by atoms with Crippen molar-refractivity contribution in [2.24, 2.45) is 5.10 Å². The first-order valence-electron chi connectivity index (χ1n) is 10.4. The minimum absolute atomic E-state index is 0.0294. The molecular weight excluding hydrogens is 422 g/mol. The molecule has 5 rings (SSSR count). The van der Waals surface area contributed by atoms with Gasteiger partial charge in [0.1, 0.15) is 5.69 Å². The lowest BCUT2D eigenvalue weighted by atomic mass is 9.96. The lowest BCUT2D eigenvalue weighted by molar-refractivity contribution is 0.0690. The normalized spacial score (nSPS) is 14.5. The molecule has 2 aromatic heterocycles. The van der Waals surface area contributed by atoms with Gasteiger partial charge < -0.3 is 10.0 Å². The topological polar surface area (TPSA) is 90.7 Å². The van der Waals surface area contributed by atoms with Crippen LogP contribution in [0.2, 0.25) is 0 Å². The van der Waals surface area contributed by atoms with Crippen LogP contribution in [0, 0.1) is 0 Å². The van der Waals surface area contributed by atoms with Crippen LogP contribution in [-0.4, -0.2) is 39.8 Å².